The largest absolute Gasteiger partial charge is 0.494 e. The number of hydrogen-bond acceptors (Lipinski definition) is 3. The van der Waals surface area contributed by atoms with E-state index in [4.69, 9.17) is 10.5 Å². The molecule has 0 radical (unpaired) electrons. The molecule has 1 aromatic rings. The Morgan fingerprint density at radius 1 is 1.41 bits per heavy atom. The van der Waals surface area contributed by atoms with E-state index in [0.717, 1.165) is 5.75 Å². The molecular formula is C14H21NO2. The van der Waals surface area contributed by atoms with Crippen LogP contribution >= 0.6 is 0 Å². The maximum atomic E-state index is 12.2. The summed E-state index contributed by atoms with van der Waals surface area (Å²) >= 11 is 0. The molecule has 0 aliphatic heterocycles. The monoisotopic (exact) mass is 235 g/mol. The number of carbonyl (C=O) groups is 1. The van der Waals surface area contributed by atoms with Gasteiger partial charge in [-0.1, -0.05) is 26.0 Å². The molecule has 0 aromatic heterocycles. The molecule has 0 fully saturated rings. The summed E-state index contributed by atoms with van der Waals surface area (Å²) in [5, 5.41) is 0. The minimum absolute atomic E-state index is 0.101. The molecule has 3 nitrogen and oxygen atoms in total. The fraction of sp³-hybridized carbons (Fsp3) is 0.500. The van der Waals surface area contributed by atoms with Gasteiger partial charge in [0, 0.05) is 18.0 Å². The first-order chi connectivity index (χ1) is 8.10. The van der Waals surface area contributed by atoms with Gasteiger partial charge in [0.1, 0.15) is 5.75 Å². The van der Waals surface area contributed by atoms with Crippen molar-refractivity contribution >= 4 is 5.78 Å². The lowest BCUT2D eigenvalue weighted by molar-refractivity contribution is 0.0891. The molecule has 1 aromatic carbocycles. The molecule has 0 amide bonds. The van der Waals surface area contributed by atoms with Gasteiger partial charge in [0.05, 0.1) is 6.61 Å². The Hall–Kier alpha value is -1.35. The van der Waals surface area contributed by atoms with Crippen molar-refractivity contribution < 1.29 is 9.53 Å². The highest BCUT2D eigenvalue weighted by molar-refractivity contribution is 5.98. The van der Waals surface area contributed by atoms with E-state index in [1.165, 1.54) is 0 Å². The second-order valence-corrected chi connectivity index (χ2v) is 4.41. The lowest BCUT2D eigenvalue weighted by Crippen LogP contribution is -2.28. The van der Waals surface area contributed by atoms with E-state index in [2.05, 4.69) is 0 Å². The molecule has 0 aliphatic carbocycles. The molecule has 0 saturated heterocycles. The number of Topliss-reactive ketones (excluding diaryl/α,β-unsaturated/α-hetero) is 1. The molecule has 0 bridgehead atoms. The lowest BCUT2D eigenvalue weighted by Gasteiger charge is -2.17. The molecule has 0 heterocycles. The highest BCUT2D eigenvalue weighted by atomic mass is 16.5. The summed E-state index contributed by atoms with van der Waals surface area (Å²) < 4.78 is 5.39. The van der Waals surface area contributed by atoms with Crippen LogP contribution in [-0.4, -0.2) is 18.9 Å². The summed E-state index contributed by atoms with van der Waals surface area (Å²) in [4.78, 5) is 12.2. The van der Waals surface area contributed by atoms with Crippen molar-refractivity contribution in [3.8, 4) is 5.75 Å². The molecular weight excluding hydrogens is 214 g/mol. The molecule has 94 valence electrons. The van der Waals surface area contributed by atoms with Crippen LogP contribution in [0, 0.1) is 11.8 Å². The van der Waals surface area contributed by atoms with Crippen molar-refractivity contribution in [2.45, 2.75) is 20.8 Å². The zero-order valence-corrected chi connectivity index (χ0v) is 10.8. The van der Waals surface area contributed by atoms with Gasteiger partial charge in [0.25, 0.3) is 0 Å². The second kappa shape index (κ2) is 6.40. The third-order valence-electron chi connectivity index (χ3n) is 2.82. The van der Waals surface area contributed by atoms with Gasteiger partial charge in [0.2, 0.25) is 0 Å². The third kappa shape index (κ3) is 3.56. The summed E-state index contributed by atoms with van der Waals surface area (Å²) in [6.45, 7) is 6.94. The van der Waals surface area contributed by atoms with E-state index >= 15 is 0 Å². The van der Waals surface area contributed by atoms with Crippen molar-refractivity contribution in [3.05, 3.63) is 29.8 Å². The van der Waals surface area contributed by atoms with Gasteiger partial charge in [-0.05, 0) is 25.0 Å². The Kier molecular flexibility index (Phi) is 5.16. The van der Waals surface area contributed by atoms with Crippen LogP contribution in [0.3, 0.4) is 0 Å². The maximum Gasteiger partial charge on any atom is 0.167 e. The molecule has 1 unspecified atom stereocenters. The average Bonchev–Trinajstić information content (AvgIpc) is 2.30. The predicted octanol–water partition coefficient (Wildman–Crippen LogP) is 2.50. The number of nitrogens with two attached hydrogens (primary N) is 1. The van der Waals surface area contributed by atoms with Crippen LogP contribution in [0.1, 0.15) is 31.1 Å². The Morgan fingerprint density at radius 2 is 2.12 bits per heavy atom. The summed E-state index contributed by atoms with van der Waals surface area (Å²) in [6, 6.07) is 7.30. The molecule has 2 N–H and O–H groups in total. The SMILES string of the molecule is CCOc1cccc(C(=O)C(CN)C(C)C)c1. The molecule has 17 heavy (non-hydrogen) atoms. The van der Waals surface area contributed by atoms with Gasteiger partial charge in [-0.15, -0.1) is 0 Å². The highest BCUT2D eigenvalue weighted by Gasteiger charge is 2.22. The highest BCUT2D eigenvalue weighted by Crippen LogP contribution is 2.20. The normalized spacial score (nSPS) is 12.5. The van der Waals surface area contributed by atoms with Crippen LogP contribution in [0.25, 0.3) is 0 Å². The van der Waals surface area contributed by atoms with Gasteiger partial charge in [-0.3, -0.25) is 4.79 Å². The van der Waals surface area contributed by atoms with Gasteiger partial charge >= 0.3 is 0 Å². The third-order valence-corrected chi connectivity index (χ3v) is 2.82. The Balaban J connectivity index is 2.91. The first-order valence-corrected chi connectivity index (χ1v) is 6.07. The second-order valence-electron chi connectivity index (χ2n) is 4.41. The van der Waals surface area contributed by atoms with Crippen LogP contribution in [0.2, 0.25) is 0 Å². The Labute approximate surface area is 103 Å². The first-order valence-electron chi connectivity index (χ1n) is 6.07. The number of ketones is 1. The summed E-state index contributed by atoms with van der Waals surface area (Å²) in [5.74, 6) is 0.969. The zero-order chi connectivity index (χ0) is 12.8. The molecule has 0 saturated carbocycles. The summed E-state index contributed by atoms with van der Waals surface area (Å²) in [7, 11) is 0. The van der Waals surface area contributed by atoms with E-state index in [9.17, 15) is 4.79 Å². The van der Waals surface area contributed by atoms with Crippen molar-refractivity contribution in [3.63, 3.8) is 0 Å². The number of benzene rings is 1. The van der Waals surface area contributed by atoms with E-state index < -0.39 is 0 Å². The maximum absolute atomic E-state index is 12.2. The van der Waals surface area contributed by atoms with Crippen LogP contribution in [0.5, 0.6) is 5.75 Å². The predicted molar refractivity (Wildman–Crippen MR) is 69.3 cm³/mol. The molecule has 0 spiro atoms. The van der Waals surface area contributed by atoms with Gasteiger partial charge in [-0.25, -0.2) is 0 Å². The minimum Gasteiger partial charge on any atom is -0.494 e. The van der Waals surface area contributed by atoms with Crippen molar-refractivity contribution in [1.29, 1.82) is 0 Å². The number of rotatable bonds is 6. The smallest absolute Gasteiger partial charge is 0.167 e. The fourth-order valence-electron chi connectivity index (χ4n) is 1.80. The number of carbonyl (C=O) groups excluding carboxylic acids is 1. The molecule has 1 atom stereocenters. The topological polar surface area (TPSA) is 52.3 Å². The zero-order valence-electron chi connectivity index (χ0n) is 10.8. The summed E-state index contributed by atoms with van der Waals surface area (Å²) in [6.07, 6.45) is 0. The Morgan fingerprint density at radius 3 is 2.65 bits per heavy atom. The number of hydrogen-bond donors (Lipinski definition) is 1. The molecule has 0 aliphatic rings. The van der Waals surface area contributed by atoms with Gasteiger partial charge < -0.3 is 10.5 Å². The standard InChI is InChI=1S/C14H21NO2/c1-4-17-12-7-5-6-11(8-12)14(16)13(9-15)10(2)3/h5-8,10,13H,4,9,15H2,1-3H3. The van der Waals surface area contributed by atoms with E-state index in [1.807, 2.05) is 39.0 Å². The lowest BCUT2D eigenvalue weighted by atomic mass is 9.88. The van der Waals surface area contributed by atoms with Crippen molar-refractivity contribution in [2.24, 2.45) is 17.6 Å². The fourth-order valence-corrected chi connectivity index (χ4v) is 1.80. The van der Waals surface area contributed by atoms with Crippen molar-refractivity contribution in [1.82, 2.24) is 0 Å². The Bertz CT molecular complexity index is 374. The summed E-state index contributed by atoms with van der Waals surface area (Å²) in [5.41, 5.74) is 6.34. The minimum atomic E-state index is -0.119. The van der Waals surface area contributed by atoms with Crippen LogP contribution in [-0.2, 0) is 0 Å². The molecule has 3 heteroatoms. The molecule has 1 rings (SSSR count). The number of ether oxygens (including phenoxy) is 1. The van der Waals surface area contributed by atoms with Gasteiger partial charge in [-0.2, -0.15) is 0 Å². The van der Waals surface area contributed by atoms with Crippen molar-refractivity contribution in [2.75, 3.05) is 13.2 Å². The van der Waals surface area contributed by atoms with E-state index in [-0.39, 0.29) is 17.6 Å². The van der Waals surface area contributed by atoms with Crippen LogP contribution < -0.4 is 10.5 Å². The van der Waals surface area contributed by atoms with Gasteiger partial charge in [0.15, 0.2) is 5.78 Å². The van der Waals surface area contributed by atoms with Crippen LogP contribution in [0.15, 0.2) is 24.3 Å². The van der Waals surface area contributed by atoms with Crippen LogP contribution in [0.4, 0.5) is 0 Å². The van der Waals surface area contributed by atoms with E-state index in [1.54, 1.807) is 6.07 Å². The average molecular weight is 235 g/mol. The quantitative estimate of drug-likeness (QED) is 0.771. The first kappa shape index (κ1) is 13.7. The van der Waals surface area contributed by atoms with E-state index in [0.29, 0.717) is 18.7 Å².